The van der Waals surface area contributed by atoms with Crippen LogP contribution in [0.5, 0.6) is 0 Å². The second kappa shape index (κ2) is 11.2. The molecule has 0 aliphatic carbocycles. The Kier molecular flexibility index (Phi) is 10.4. The van der Waals surface area contributed by atoms with Crippen LogP contribution in [0.2, 0.25) is 0 Å². The molecule has 21 heavy (non-hydrogen) atoms. The Bertz CT molecular complexity index is 511. The summed E-state index contributed by atoms with van der Waals surface area (Å²) in [4.78, 5) is 16.5. The molecule has 0 aliphatic heterocycles. The van der Waals surface area contributed by atoms with Gasteiger partial charge in [-0.05, 0) is 42.6 Å². The maximum atomic E-state index is 11.5. The van der Waals surface area contributed by atoms with Crippen LogP contribution in [0.1, 0.15) is 35.7 Å². The number of methoxy groups -OCH3 is 1. The molecule has 1 aromatic rings. The van der Waals surface area contributed by atoms with Crippen molar-refractivity contribution >= 4 is 41.4 Å². The summed E-state index contributed by atoms with van der Waals surface area (Å²) >= 11 is 5.72. The molecule has 0 aliphatic rings. The quantitative estimate of drug-likeness (QED) is 0.329. The van der Waals surface area contributed by atoms with Gasteiger partial charge in [-0.1, -0.05) is 12.1 Å². The summed E-state index contributed by atoms with van der Waals surface area (Å²) in [6, 6.07) is 7.15. The molecule has 0 radical (unpaired) electrons. The number of nitrogens with zero attached hydrogens (tertiary/aromatic N) is 1. The first kappa shape index (κ1) is 19.5. The molecule has 0 bridgehead atoms. The van der Waals surface area contributed by atoms with Gasteiger partial charge in [0, 0.05) is 17.3 Å². The lowest BCUT2D eigenvalue weighted by Gasteiger charge is -2.05. The molecule has 0 fully saturated rings. The van der Waals surface area contributed by atoms with Crippen molar-refractivity contribution in [3.05, 3.63) is 35.4 Å². The molecular weight excluding hydrogens is 313 g/mol. The SMILES string of the molecule is CCON=C=C(CCCCl)c1cccc(C(=O)OC)c1.Cl. The first-order valence-electron chi connectivity index (χ1n) is 6.41. The molecule has 0 N–H and O–H groups in total. The Balaban J connectivity index is 0.00000400. The Morgan fingerprint density at radius 1 is 1.38 bits per heavy atom. The van der Waals surface area contributed by atoms with Crippen molar-refractivity contribution in [2.75, 3.05) is 19.6 Å². The summed E-state index contributed by atoms with van der Waals surface area (Å²) in [7, 11) is 1.36. The molecule has 0 heterocycles. The third-order valence-electron chi connectivity index (χ3n) is 2.57. The second-order valence-electron chi connectivity index (χ2n) is 3.96. The Hall–Kier alpha value is -1.48. The van der Waals surface area contributed by atoms with Gasteiger partial charge in [0.15, 0.2) is 0 Å². The molecule has 1 aromatic carbocycles. The Labute approximate surface area is 136 Å². The lowest BCUT2D eigenvalue weighted by atomic mass is 10.0. The molecule has 1 rings (SSSR count). The number of halogens is 2. The maximum Gasteiger partial charge on any atom is 0.337 e. The number of carbonyl (C=O) groups excluding carboxylic acids is 1. The third kappa shape index (κ3) is 6.67. The summed E-state index contributed by atoms with van der Waals surface area (Å²) in [6.07, 6.45) is 1.51. The lowest BCUT2D eigenvalue weighted by Crippen LogP contribution is -2.01. The van der Waals surface area contributed by atoms with E-state index in [2.05, 4.69) is 11.0 Å². The highest BCUT2D eigenvalue weighted by molar-refractivity contribution is 6.17. The molecular formula is C15H19Cl2NO3. The van der Waals surface area contributed by atoms with Gasteiger partial charge in [0.2, 0.25) is 0 Å². The highest BCUT2D eigenvalue weighted by atomic mass is 35.5. The van der Waals surface area contributed by atoms with Crippen LogP contribution < -0.4 is 0 Å². The van der Waals surface area contributed by atoms with E-state index >= 15 is 0 Å². The summed E-state index contributed by atoms with van der Waals surface area (Å²) in [5.41, 5.74) is 2.21. The number of alkyl halides is 1. The smallest absolute Gasteiger partial charge is 0.337 e. The molecule has 0 saturated heterocycles. The van der Waals surface area contributed by atoms with Gasteiger partial charge in [-0.25, -0.2) is 4.79 Å². The first-order valence-corrected chi connectivity index (χ1v) is 6.95. The predicted octanol–water partition coefficient (Wildman–Crippen LogP) is 3.92. The monoisotopic (exact) mass is 331 g/mol. The van der Waals surface area contributed by atoms with Gasteiger partial charge in [0.05, 0.1) is 12.7 Å². The topological polar surface area (TPSA) is 47.9 Å². The van der Waals surface area contributed by atoms with Gasteiger partial charge in [-0.3, -0.25) is 0 Å². The van der Waals surface area contributed by atoms with Crippen LogP contribution >= 0.6 is 24.0 Å². The number of hydrogen-bond acceptors (Lipinski definition) is 4. The molecule has 0 spiro atoms. The number of carbonyl (C=O) groups is 1. The highest BCUT2D eigenvalue weighted by Gasteiger charge is 2.08. The number of ether oxygens (including phenoxy) is 1. The molecule has 4 nitrogen and oxygen atoms in total. The average Bonchev–Trinajstić information content (AvgIpc) is 2.50. The van der Waals surface area contributed by atoms with Gasteiger partial charge < -0.3 is 9.57 Å². The number of allylic oxidation sites excluding steroid dienone is 1. The molecule has 0 amide bonds. The van der Waals surface area contributed by atoms with Crippen LogP contribution in [0, 0.1) is 0 Å². The molecule has 0 unspecified atom stereocenters. The number of hydrogen-bond donors (Lipinski definition) is 0. The molecule has 116 valence electrons. The highest BCUT2D eigenvalue weighted by Crippen LogP contribution is 2.19. The van der Waals surface area contributed by atoms with E-state index in [0.717, 1.165) is 17.6 Å². The van der Waals surface area contributed by atoms with Gasteiger partial charge in [0.25, 0.3) is 0 Å². The van der Waals surface area contributed by atoms with Gasteiger partial charge in [-0.15, -0.1) is 24.0 Å². The number of rotatable bonds is 7. The van der Waals surface area contributed by atoms with Gasteiger partial charge in [-0.2, -0.15) is 0 Å². The van der Waals surface area contributed by atoms with E-state index in [1.54, 1.807) is 18.2 Å². The molecule has 0 aromatic heterocycles. The number of benzene rings is 1. The fraction of sp³-hybridized carbons (Fsp3) is 0.400. The second-order valence-corrected chi connectivity index (χ2v) is 4.34. The van der Waals surface area contributed by atoms with E-state index in [0.29, 0.717) is 24.5 Å². The van der Waals surface area contributed by atoms with Crippen molar-refractivity contribution in [3.63, 3.8) is 0 Å². The van der Waals surface area contributed by atoms with Crippen molar-refractivity contribution in [1.82, 2.24) is 0 Å². The van der Waals surface area contributed by atoms with Crippen LogP contribution in [0.15, 0.2) is 29.4 Å². The van der Waals surface area contributed by atoms with E-state index in [9.17, 15) is 4.79 Å². The van der Waals surface area contributed by atoms with E-state index in [-0.39, 0.29) is 18.4 Å². The van der Waals surface area contributed by atoms with Crippen LogP contribution in [0.3, 0.4) is 0 Å². The third-order valence-corrected chi connectivity index (χ3v) is 2.83. The standard InChI is InChI=1S/C15H18ClNO3.ClH/c1-3-20-17-11-14(8-5-9-16)12-6-4-7-13(10-12)15(18)19-2;/h4,6-7,10H,3,5,8-9H2,1-2H3;1H. The van der Waals surface area contributed by atoms with Crippen molar-refractivity contribution in [3.8, 4) is 0 Å². The first-order chi connectivity index (χ1) is 9.72. The van der Waals surface area contributed by atoms with E-state index in [4.69, 9.17) is 21.2 Å². The fourth-order valence-corrected chi connectivity index (χ4v) is 1.75. The van der Waals surface area contributed by atoms with Crippen molar-refractivity contribution in [1.29, 1.82) is 0 Å². The minimum absolute atomic E-state index is 0. The van der Waals surface area contributed by atoms with Crippen molar-refractivity contribution < 1.29 is 14.4 Å². The van der Waals surface area contributed by atoms with Crippen LogP contribution in [-0.4, -0.2) is 31.4 Å². The zero-order valence-corrected chi connectivity index (χ0v) is 13.7. The number of esters is 1. The molecule has 6 heteroatoms. The summed E-state index contributed by atoms with van der Waals surface area (Å²) in [6.45, 7) is 2.33. The summed E-state index contributed by atoms with van der Waals surface area (Å²) in [5.74, 6) is 3.05. The predicted molar refractivity (Wildman–Crippen MR) is 87.5 cm³/mol. The van der Waals surface area contributed by atoms with Crippen LogP contribution in [0.25, 0.3) is 5.57 Å². The van der Waals surface area contributed by atoms with Crippen LogP contribution in [0.4, 0.5) is 0 Å². The fourth-order valence-electron chi connectivity index (χ4n) is 1.61. The summed E-state index contributed by atoms with van der Waals surface area (Å²) < 4.78 is 4.71. The molecule has 0 atom stereocenters. The zero-order valence-electron chi connectivity index (χ0n) is 12.1. The van der Waals surface area contributed by atoms with Crippen molar-refractivity contribution in [2.24, 2.45) is 5.16 Å². The van der Waals surface area contributed by atoms with E-state index in [1.165, 1.54) is 7.11 Å². The minimum atomic E-state index is -0.370. The minimum Gasteiger partial charge on any atom is -0.465 e. The average molecular weight is 332 g/mol. The van der Waals surface area contributed by atoms with E-state index in [1.807, 2.05) is 13.0 Å². The van der Waals surface area contributed by atoms with Gasteiger partial charge in [0.1, 0.15) is 6.61 Å². The normalized spacial score (nSPS) is 9.10. The Morgan fingerprint density at radius 3 is 2.71 bits per heavy atom. The largest absolute Gasteiger partial charge is 0.465 e. The van der Waals surface area contributed by atoms with E-state index < -0.39 is 0 Å². The van der Waals surface area contributed by atoms with Crippen molar-refractivity contribution in [2.45, 2.75) is 19.8 Å². The zero-order chi connectivity index (χ0) is 14.8. The Morgan fingerprint density at radius 2 is 2.10 bits per heavy atom. The maximum absolute atomic E-state index is 11.5. The lowest BCUT2D eigenvalue weighted by molar-refractivity contribution is 0.0600. The van der Waals surface area contributed by atoms with Gasteiger partial charge >= 0.3 is 5.97 Å². The van der Waals surface area contributed by atoms with Crippen LogP contribution in [-0.2, 0) is 9.57 Å². The summed E-state index contributed by atoms with van der Waals surface area (Å²) in [5, 5.41) is 3.77. The molecule has 0 saturated carbocycles.